The number of para-hydroxylation sites is 2. The van der Waals surface area contributed by atoms with E-state index in [1.165, 1.54) is 0 Å². The summed E-state index contributed by atoms with van der Waals surface area (Å²) in [7, 11) is 0. The van der Waals surface area contributed by atoms with Crippen molar-refractivity contribution in [3.05, 3.63) is 59.2 Å². The SMILES string of the molecule is Cc1cccc(C)c1OCCC(=O)Nc1ccccc1CN. The molecule has 0 radical (unpaired) electrons. The fraction of sp³-hybridized carbons (Fsp3) is 0.278. The van der Waals surface area contributed by atoms with Gasteiger partial charge in [0, 0.05) is 12.2 Å². The highest BCUT2D eigenvalue weighted by molar-refractivity contribution is 5.91. The molecule has 0 bridgehead atoms. The van der Waals surface area contributed by atoms with Gasteiger partial charge in [0.05, 0.1) is 13.0 Å². The Morgan fingerprint density at radius 1 is 1.09 bits per heavy atom. The first-order chi connectivity index (χ1) is 10.6. The number of rotatable bonds is 6. The van der Waals surface area contributed by atoms with Crippen LogP contribution in [0.15, 0.2) is 42.5 Å². The van der Waals surface area contributed by atoms with E-state index in [2.05, 4.69) is 5.32 Å². The summed E-state index contributed by atoms with van der Waals surface area (Å²) in [6.07, 6.45) is 0.298. The summed E-state index contributed by atoms with van der Waals surface area (Å²) in [5.41, 5.74) is 9.50. The van der Waals surface area contributed by atoms with Gasteiger partial charge in [-0.2, -0.15) is 0 Å². The van der Waals surface area contributed by atoms with Crippen molar-refractivity contribution < 1.29 is 9.53 Å². The normalized spacial score (nSPS) is 10.3. The Bertz CT molecular complexity index is 633. The number of carbonyl (C=O) groups excluding carboxylic acids is 1. The molecule has 0 heterocycles. The Balaban J connectivity index is 1.88. The Kier molecular flexibility index (Phi) is 5.55. The van der Waals surface area contributed by atoms with E-state index in [0.29, 0.717) is 19.6 Å². The highest BCUT2D eigenvalue weighted by atomic mass is 16.5. The first-order valence-electron chi connectivity index (χ1n) is 7.38. The van der Waals surface area contributed by atoms with E-state index in [1.54, 1.807) is 0 Å². The van der Waals surface area contributed by atoms with Gasteiger partial charge in [0.15, 0.2) is 0 Å². The molecule has 4 heteroatoms. The zero-order valence-electron chi connectivity index (χ0n) is 13.1. The Hall–Kier alpha value is -2.33. The predicted molar refractivity (Wildman–Crippen MR) is 89.0 cm³/mol. The third kappa shape index (κ3) is 4.09. The average molecular weight is 298 g/mol. The summed E-state index contributed by atoms with van der Waals surface area (Å²) in [4.78, 5) is 12.0. The van der Waals surface area contributed by atoms with Crippen LogP contribution in [-0.4, -0.2) is 12.5 Å². The maximum absolute atomic E-state index is 12.0. The van der Waals surface area contributed by atoms with Crippen molar-refractivity contribution in [2.75, 3.05) is 11.9 Å². The lowest BCUT2D eigenvalue weighted by molar-refractivity contribution is -0.116. The molecule has 0 unspecified atom stereocenters. The molecule has 1 amide bonds. The largest absolute Gasteiger partial charge is 0.493 e. The van der Waals surface area contributed by atoms with Gasteiger partial charge >= 0.3 is 0 Å². The maximum atomic E-state index is 12.0. The minimum atomic E-state index is -0.0767. The van der Waals surface area contributed by atoms with Crippen molar-refractivity contribution in [3.63, 3.8) is 0 Å². The van der Waals surface area contributed by atoms with Gasteiger partial charge in [0.1, 0.15) is 5.75 Å². The smallest absolute Gasteiger partial charge is 0.227 e. The van der Waals surface area contributed by atoms with E-state index in [1.807, 2.05) is 56.3 Å². The molecule has 0 aliphatic rings. The molecule has 0 aliphatic heterocycles. The first kappa shape index (κ1) is 16.0. The summed E-state index contributed by atoms with van der Waals surface area (Å²) in [5, 5.41) is 2.88. The molecular formula is C18H22N2O2. The number of aryl methyl sites for hydroxylation is 2. The third-order valence-electron chi connectivity index (χ3n) is 3.50. The van der Waals surface area contributed by atoms with Crippen LogP contribution in [0.4, 0.5) is 5.69 Å². The van der Waals surface area contributed by atoms with Crippen LogP contribution in [-0.2, 0) is 11.3 Å². The molecule has 116 valence electrons. The number of carbonyl (C=O) groups is 1. The van der Waals surface area contributed by atoms with Crippen LogP contribution < -0.4 is 15.8 Å². The third-order valence-corrected chi connectivity index (χ3v) is 3.50. The number of ether oxygens (including phenoxy) is 1. The van der Waals surface area contributed by atoms with Gasteiger partial charge in [0.25, 0.3) is 0 Å². The van der Waals surface area contributed by atoms with Crippen LogP contribution in [0.2, 0.25) is 0 Å². The van der Waals surface area contributed by atoms with Crippen molar-refractivity contribution in [1.82, 2.24) is 0 Å². The molecule has 4 nitrogen and oxygen atoms in total. The fourth-order valence-electron chi connectivity index (χ4n) is 2.31. The number of amides is 1. The molecule has 0 saturated heterocycles. The minimum absolute atomic E-state index is 0.0767. The van der Waals surface area contributed by atoms with Gasteiger partial charge in [-0.25, -0.2) is 0 Å². The van der Waals surface area contributed by atoms with Gasteiger partial charge in [0.2, 0.25) is 5.91 Å². The highest BCUT2D eigenvalue weighted by Gasteiger charge is 2.08. The van der Waals surface area contributed by atoms with Crippen LogP contribution in [0.25, 0.3) is 0 Å². The summed E-state index contributed by atoms with van der Waals surface area (Å²) in [6.45, 7) is 4.75. The zero-order chi connectivity index (χ0) is 15.9. The summed E-state index contributed by atoms with van der Waals surface area (Å²) < 4.78 is 5.75. The Labute approximate surface area is 131 Å². The maximum Gasteiger partial charge on any atom is 0.227 e. The van der Waals surface area contributed by atoms with Crippen LogP contribution >= 0.6 is 0 Å². The zero-order valence-corrected chi connectivity index (χ0v) is 13.1. The van der Waals surface area contributed by atoms with Gasteiger partial charge < -0.3 is 15.8 Å². The topological polar surface area (TPSA) is 64.3 Å². The van der Waals surface area contributed by atoms with Crippen LogP contribution in [0.3, 0.4) is 0 Å². The van der Waals surface area contributed by atoms with E-state index in [4.69, 9.17) is 10.5 Å². The van der Waals surface area contributed by atoms with Crippen molar-refractivity contribution in [2.24, 2.45) is 5.73 Å². The lowest BCUT2D eigenvalue weighted by Gasteiger charge is -2.13. The van der Waals surface area contributed by atoms with E-state index < -0.39 is 0 Å². The molecule has 22 heavy (non-hydrogen) atoms. The molecule has 2 rings (SSSR count). The summed E-state index contributed by atoms with van der Waals surface area (Å²) in [6, 6.07) is 13.5. The van der Waals surface area contributed by atoms with Crippen molar-refractivity contribution in [1.29, 1.82) is 0 Å². The number of nitrogens with two attached hydrogens (primary N) is 1. The van der Waals surface area contributed by atoms with Gasteiger partial charge in [-0.3, -0.25) is 4.79 Å². The second-order valence-corrected chi connectivity index (χ2v) is 5.23. The quantitative estimate of drug-likeness (QED) is 0.861. The highest BCUT2D eigenvalue weighted by Crippen LogP contribution is 2.22. The van der Waals surface area contributed by atoms with Gasteiger partial charge in [-0.15, -0.1) is 0 Å². The number of benzene rings is 2. The predicted octanol–water partition coefficient (Wildman–Crippen LogP) is 3.17. The minimum Gasteiger partial charge on any atom is -0.493 e. The van der Waals surface area contributed by atoms with Crippen LogP contribution in [0, 0.1) is 13.8 Å². The number of nitrogens with one attached hydrogen (secondary N) is 1. The molecule has 0 atom stereocenters. The standard InChI is InChI=1S/C18H22N2O2/c1-13-6-5-7-14(2)18(13)22-11-10-17(21)20-16-9-4-3-8-15(16)12-19/h3-9H,10-12,19H2,1-2H3,(H,20,21). The van der Waals surface area contributed by atoms with Crippen molar-refractivity contribution in [3.8, 4) is 5.75 Å². The first-order valence-corrected chi connectivity index (χ1v) is 7.38. The lowest BCUT2D eigenvalue weighted by atomic mass is 10.1. The van der Waals surface area contributed by atoms with E-state index in [0.717, 1.165) is 28.1 Å². The molecule has 0 saturated carbocycles. The Morgan fingerprint density at radius 3 is 2.45 bits per heavy atom. The second kappa shape index (κ2) is 7.61. The molecule has 2 aromatic rings. The Morgan fingerprint density at radius 2 is 1.77 bits per heavy atom. The van der Waals surface area contributed by atoms with E-state index >= 15 is 0 Å². The number of hydrogen-bond acceptors (Lipinski definition) is 3. The lowest BCUT2D eigenvalue weighted by Crippen LogP contribution is -2.17. The molecule has 0 aromatic heterocycles. The molecule has 0 aliphatic carbocycles. The molecule has 0 fully saturated rings. The molecule has 3 N–H and O–H groups in total. The second-order valence-electron chi connectivity index (χ2n) is 5.23. The summed E-state index contributed by atoms with van der Waals surface area (Å²) in [5.74, 6) is 0.782. The van der Waals surface area contributed by atoms with Gasteiger partial charge in [-0.1, -0.05) is 36.4 Å². The fourth-order valence-corrected chi connectivity index (χ4v) is 2.31. The van der Waals surface area contributed by atoms with E-state index in [9.17, 15) is 4.79 Å². The molecule has 2 aromatic carbocycles. The number of anilines is 1. The average Bonchev–Trinajstić information content (AvgIpc) is 2.51. The number of hydrogen-bond donors (Lipinski definition) is 2. The monoisotopic (exact) mass is 298 g/mol. The molecule has 0 spiro atoms. The molecular weight excluding hydrogens is 276 g/mol. The van der Waals surface area contributed by atoms with Crippen molar-refractivity contribution in [2.45, 2.75) is 26.8 Å². The van der Waals surface area contributed by atoms with Crippen LogP contribution in [0.1, 0.15) is 23.1 Å². The van der Waals surface area contributed by atoms with Crippen LogP contribution in [0.5, 0.6) is 5.75 Å². The van der Waals surface area contributed by atoms with Gasteiger partial charge in [-0.05, 0) is 36.6 Å². The summed E-state index contributed by atoms with van der Waals surface area (Å²) >= 11 is 0. The van der Waals surface area contributed by atoms with Crippen molar-refractivity contribution >= 4 is 11.6 Å². The van der Waals surface area contributed by atoms with E-state index in [-0.39, 0.29) is 5.91 Å².